The van der Waals surface area contributed by atoms with Crippen LogP contribution in [0.5, 0.6) is 0 Å². The Labute approximate surface area is 127 Å². The molecule has 2 heterocycles. The average molecular weight is 296 g/mol. The third-order valence-electron chi connectivity index (χ3n) is 3.60. The van der Waals surface area contributed by atoms with Crippen LogP contribution >= 0.6 is 0 Å². The minimum absolute atomic E-state index is 0.149. The molecule has 0 bridgehead atoms. The van der Waals surface area contributed by atoms with Gasteiger partial charge in [-0.2, -0.15) is 0 Å². The predicted molar refractivity (Wildman–Crippen MR) is 82.3 cm³/mol. The van der Waals surface area contributed by atoms with E-state index in [0.29, 0.717) is 17.2 Å². The van der Waals surface area contributed by atoms with Crippen molar-refractivity contribution in [1.29, 1.82) is 0 Å². The summed E-state index contributed by atoms with van der Waals surface area (Å²) in [5, 5.41) is 14.3. The lowest BCUT2D eigenvalue weighted by atomic mass is 10.2. The van der Waals surface area contributed by atoms with Crippen LogP contribution in [-0.2, 0) is 14.1 Å². The molecule has 3 rings (SSSR count). The zero-order valence-electron chi connectivity index (χ0n) is 12.6. The van der Waals surface area contributed by atoms with Gasteiger partial charge in [0, 0.05) is 31.0 Å². The Morgan fingerprint density at radius 3 is 2.64 bits per heavy atom. The summed E-state index contributed by atoms with van der Waals surface area (Å²) < 4.78 is 3.44. The van der Waals surface area contributed by atoms with Crippen LogP contribution in [0.25, 0.3) is 11.4 Å². The molecule has 0 spiro atoms. The summed E-state index contributed by atoms with van der Waals surface area (Å²) in [5.41, 5.74) is 3.19. The molecule has 0 fully saturated rings. The molecule has 22 heavy (non-hydrogen) atoms. The number of benzene rings is 1. The van der Waals surface area contributed by atoms with Gasteiger partial charge in [0.05, 0.1) is 0 Å². The molecule has 2 aromatic heterocycles. The van der Waals surface area contributed by atoms with Crippen molar-refractivity contribution < 1.29 is 4.79 Å². The first-order valence-corrected chi connectivity index (χ1v) is 6.83. The van der Waals surface area contributed by atoms with Crippen LogP contribution in [0.3, 0.4) is 0 Å². The maximum Gasteiger partial charge on any atom is 0.272 e. The number of rotatable bonds is 3. The van der Waals surface area contributed by atoms with Gasteiger partial charge in [0.25, 0.3) is 5.91 Å². The number of tetrazole rings is 1. The van der Waals surface area contributed by atoms with E-state index in [2.05, 4.69) is 20.8 Å². The summed E-state index contributed by atoms with van der Waals surface area (Å²) in [6.45, 7) is 1.96. The molecule has 0 saturated heterocycles. The first-order chi connectivity index (χ1) is 10.6. The standard InChI is InChI=1S/C15H16N6O/c1-10-7-8-13(20(10)2)15(22)16-12-6-4-5-11(9-12)14-17-18-19-21(14)3/h4-9H,1-3H3,(H,16,22). The molecule has 0 atom stereocenters. The second-order valence-electron chi connectivity index (χ2n) is 5.08. The Morgan fingerprint density at radius 1 is 1.18 bits per heavy atom. The first-order valence-electron chi connectivity index (χ1n) is 6.83. The highest BCUT2D eigenvalue weighted by Gasteiger charge is 2.12. The zero-order chi connectivity index (χ0) is 15.7. The van der Waals surface area contributed by atoms with E-state index in [1.165, 1.54) is 0 Å². The van der Waals surface area contributed by atoms with E-state index in [1.807, 2.05) is 48.9 Å². The molecule has 7 heteroatoms. The number of carbonyl (C=O) groups excluding carboxylic acids is 1. The van der Waals surface area contributed by atoms with Gasteiger partial charge in [-0.1, -0.05) is 12.1 Å². The van der Waals surface area contributed by atoms with Crippen molar-refractivity contribution in [1.82, 2.24) is 24.8 Å². The van der Waals surface area contributed by atoms with Gasteiger partial charge < -0.3 is 9.88 Å². The van der Waals surface area contributed by atoms with E-state index in [4.69, 9.17) is 0 Å². The van der Waals surface area contributed by atoms with Crippen LogP contribution in [0, 0.1) is 6.92 Å². The number of amides is 1. The molecule has 0 radical (unpaired) electrons. The van der Waals surface area contributed by atoms with E-state index < -0.39 is 0 Å². The summed E-state index contributed by atoms with van der Waals surface area (Å²) in [6.07, 6.45) is 0. The number of aryl methyl sites for hydroxylation is 2. The molecule has 7 nitrogen and oxygen atoms in total. The largest absolute Gasteiger partial charge is 0.344 e. The summed E-state index contributed by atoms with van der Waals surface area (Å²) >= 11 is 0. The number of carbonyl (C=O) groups is 1. The van der Waals surface area contributed by atoms with E-state index in [-0.39, 0.29) is 5.91 Å². The second kappa shape index (κ2) is 5.44. The van der Waals surface area contributed by atoms with Crippen molar-refractivity contribution in [3.8, 4) is 11.4 Å². The Morgan fingerprint density at radius 2 is 2.00 bits per heavy atom. The van der Waals surface area contributed by atoms with Gasteiger partial charge in [0.1, 0.15) is 5.69 Å². The fourth-order valence-electron chi connectivity index (χ4n) is 2.25. The van der Waals surface area contributed by atoms with Crippen molar-refractivity contribution in [2.24, 2.45) is 14.1 Å². The highest BCUT2D eigenvalue weighted by Crippen LogP contribution is 2.20. The smallest absolute Gasteiger partial charge is 0.272 e. The van der Waals surface area contributed by atoms with Crippen molar-refractivity contribution in [2.45, 2.75) is 6.92 Å². The average Bonchev–Trinajstić information content (AvgIpc) is 3.06. The molecule has 3 aromatic rings. The second-order valence-corrected chi connectivity index (χ2v) is 5.08. The summed E-state index contributed by atoms with van der Waals surface area (Å²) in [6, 6.07) is 11.2. The topological polar surface area (TPSA) is 77.6 Å². The van der Waals surface area contributed by atoms with E-state index in [0.717, 1.165) is 11.3 Å². The van der Waals surface area contributed by atoms with Crippen molar-refractivity contribution in [3.63, 3.8) is 0 Å². The normalized spacial score (nSPS) is 10.7. The molecule has 1 N–H and O–H groups in total. The molecule has 0 saturated carbocycles. The Kier molecular flexibility index (Phi) is 3.46. The number of aromatic nitrogens is 5. The van der Waals surface area contributed by atoms with Crippen LogP contribution in [0.1, 0.15) is 16.2 Å². The van der Waals surface area contributed by atoms with Crippen LogP contribution in [0.15, 0.2) is 36.4 Å². The minimum Gasteiger partial charge on any atom is -0.344 e. The van der Waals surface area contributed by atoms with Crippen LogP contribution in [0.2, 0.25) is 0 Å². The summed E-state index contributed by atoms with van der Waals surface area (Å²) in [4.78, 5) is 12.3. The van der Waals surface area contributed by atoms with E-state index >= 15 is 0 Å². The molecule has 0 aliphatic heterocycles. The highest BCUT2D eigenvalue weighted by atomic mass is 16.1. The van der Waals surface area contributed by atoms with Crippen LogP contribution < -0.4 is 5.32 Å². The maximum absolute atomic E-state index is 12.3. The lowest BCUT2D eigenvalue weighted by Gasteiger charge is -2.08. The van der Waals surface area contributed by atoms with Gasteiger partial charge in [-0.3, -0.25) is 4.79 Å². The van der Waals surface area contributed by atoms with Gasteiger partial charge in [-0.25, -0.2) is 4.68 Å². The van der Waals surface area contributed by atoms with Crippen molar-refractivity contribution in [2.75, 3.05) is 5.32 Å². The number of hydrogen-bond donors (Lipinski definition) is 1. The van der Waals surface area contributed by atoms with Gasteiger partial charge in [-0.05, 0) is 41.6 Å². The van der Waals surface area contributed by atoms with E-state index in [1.54, 1.807) is 17.8 Å². The third kappa shape index (κ3) is 2.48. The van der Waals surface area contributed by atoms with Gasteiger partial charge >= 0.3 is 0 Å². The fraction of sp³-hybridized carbons (Fsp3) is 0.200. The van der Waals surface area contributed by atoms with E-state index in [9.17, 15) is 4.79 Å². The first kappa shape index (κ1) is 14.0. The summed E-state index contributed by atoms with van der Waals surface area (Å²) in [5.74, 6) is 0.495. The van der Waals surface area contributed by atoms with Crippen LogP contribution in [0.4, 0.5) is 5.69 Å². The lowest BCUT2D eigenvalue weighted by molar-refractivity contribution is 0.101. The predicted octanol–water partition coefficient (Wildman–Crippen LogP) is 1.78. The SMILES string of the molecule is Cc1ccc(C(=O)Nc2cccc(-c3nnnn3C)c2)n1C. The quantitative estimate of drug-likeness (QED) is 0.799. The molecule has 1 aromatic carbocycles. The van der Waals surface area contributed by atoms with Crippen molar-refractivity contribution in [3.05, 3.63) is 47.8 Å². The van der Waals surface area contributed by atoms with Crippen molar-refractivity contribution >= 4 is 11.6 Å². The third-order valence-corrected chi connectivity index (χ3v) is 3.60. The van der Waals surface area contributed by atoms with Gasteiger partial charge in [0.15, 0.2) is 5.82 Å². The lowest BCUT2D eigenvalue weighted by Crippen LogP contribution is -2.16. The van der Waals surface area contributed by atoms with Gasteiger partial charge in [0.2, 0.25) is 0 Å². The molecule has 112 valence electrons. The maximum atomic E-state index is 12.3. The number of nitrogens with one attached hydrogen (secondary N) is 1. The monoisotopic (exact) mass is 296 g/mol. The highest BCUT2D eigenvalue weighted by molar-refractivity contribution is 6.03. The number of anilines is 1. The van der Waals surface area contributed by atoms with Crippen LogP contribution in [-0.4, -0.2) is 30.7 Å². The molecular weight excluding hydrogens is 280 g/mol. The summed E-state index contributed by atoms with van der Waals surface area (Å²) in [7, 11) is 3.64. The Hall–Kier alpha value is -2.96. The molecule has 0 unspecified atom stereocenters. The molecule has 1 amide bonds. The minimum atomic E-state index is -0.149. The Balaban J connectivity index is 1.86. The van der Waals surface area contributed by atoms with Gasteiger partial charge in [-0.15, -0.1) is 5.10 Å². The molecule has 0 aliphatic rings. The number of nitrogens with zero attached hydrogens (tertiary/aromatic N) is 5. The Bertz CT molecular complexity index is 832. The molecular formula is C15H16N6O. The number of hydrogen-bond acceptors (Lipinski definition) is 4. The molecule has 0 aliphatic carbocycles. The zero-order valence-corrected chi connectivity index (χ0v) is 12.6. The fourth-order valence-corrected chi connectivity index (χ4v) is 2.25.